The molecule has 0 aliphatic carbocycles. The lowest BCUT2D eigenvalue weighted by Gasteiger charge is -2.15. The Hall–Kier alpha value is -0.0400. The molecule has 0 spiro atoms. The zero-order chi connectivity index (χ0) is 11.5. The standard InChI is InChI=1S/C14H30N/c1-5-7-8-9-10-11-15-14(4)12-13(3)6-2/h13-14H,5-12H2,1-4H3. The van der Waals surface area contributed by atoms with Crippen LogP contribution >= 0.6 is 0 Å². The number of unbranched alkanes of at least 4 members (excludes halogenated alkanes) is 4. The van der Waals surface area contributed by atoms with E-state index < -0.39 is 0 Å². The highest BCUT2D eigenvalue weighted by Crippen LogP contribution is 2.10. The monoisotopic (exact) mass is 212 g/mol. The van der Waals surface area contributed by atoms with E-state index >= 15 is 0 Å². The van der Waals surface area contributed by atoms with Crippen LogP contribution in [0.5, 0.6) is 0 Å². The van der Waals surface area contributed by atoms with Crippen LogP contribution in [0.1, 0.15) is 72.6 Å². The molecule has 15 heavy (non-hydrogen) atoms. The van der Waals surface area contributed by atoms with Crippen molar-refractivity contribution in [3.05, 3.63) is 0 Å². The molecule has 2 unspecified atom stereocenters. The van der Waals surface area contributed by atoms with Gasteiger partial charge in [-0.25, -0.2) is 5.32 Å². The van der Waals surface area contributed by atoms with Gasteiger partial charge in [-0.05, 0) is 25.7 Å². The van der Waals surface area contributed by atoms with E-state index in [1.807, 2.05) is 0 Å². The summed E-state index contributed by atoms with van der Waals surface area (Å²) in [5.41, 5.74) is 0. The Bertz CT molecular complexity index is 123. The van der Waals surface area contributed by atoms with Crippen molar-refractivity contribution in [3.63, 3.8) is 0 Å². The Morgan fingerprint density at radius 1 is 0.933 bits per heavy atom. The summed E-state index contributed by atoms with van der Waals surface area (Å²) in [7, 11) is 0. The summed E-state index contributed by atoms with van der Waals surface area (Å²) in [5, 5.41) is 4.71. The topological polar surface area (TPSA) is 14.1 Å². The van der Waals surface area contributed by atoms with Gasteiger partial charge in [0, 0.05) is 12.6 Å². The normalized spacial score (nSPS) is 15.2. The van der Waals surface area contributed by atoms with Crippen LogP contribution in [0.25, 0.3) is 0 Å². The highest BCUT2D eigenvalue weighted by molar-refractivity contribution is 4.63. The molecule has 0 aromatic rings. The third-order valence-electron chi connectivity index (χ3n) is 3.14. The quantitative estimate of drug-likeness (QED) is 0.477. The predicted molar refractivity (Wildman–Crippen MR) is 69.3 cm³/mol. The predicted octanol–water partition coefficient (Wildman–Crippen LogP) is 4.39. The maximum atomic E-state index is 4.71. The molecule has 0 fully saturated rings. The van der Waals surface area contributed by atoms with Crippen LogP contribution in [-0.4, -0.2) is 12.6 Å². The van der Waals surface area contributed by atoms with Crippen LogP contribution in [-0.2, 0) is 0 Å². The van der Waals surface area contributed by atoms with Crippen molar-refractivity contribution in [1.29, 1.82) is 0 Å². The molecule has 0 aliphatic heterocycles. The molecule has 2 atom stereocenters. The summed E-state index contributed by atoms with van der Waals surface area (Å²) in [5.74, 6) is 0.837. The molecule has 1 heteroatoms. The summed E-state index contributed by atoms with van der Waals surface area (Å²) in [6.07, 6.45) is 9.34. The van der Waals surface area contributed by atoms with E-state index in [4.69, 9.17) is 5.32 Å². The number of rotatable bonds is 10. The third kappa shape index (κ3) is 10.2. The van der Waals surface area contributed by atoms with E-state index in [9.17, 15) is 0 Å². The molecule has 0 amide bonds. The number of hydrogen-bond donors (Lipinski definition) is 0. The summed E-state index contributed by atoms with van der Waals surface area (Å²) in [6, 6.07) is 0.575. The molecule has 0 N–H and O–H groups in total. The number of nitrogens with zero attached hydrogens (tertiary/aromatic N) is 1. The van der Waals surface area contributed by atoms with E-state index in [2.05, 4.69) is 27.7 Å². The Balaban J connectivity index is 3.20. The van der Waals surface area contributed by atoms with Crippen LogP contribution in [0.15, 0.2) is 0 Å². The molecule has 1 radical (unpaired) electrons. The van der Waals surface area contributed by atoms with Crippen LogP contribution in [0, 0.1) is 5.92 Å². The average Bonchev–Trinajstić information content (AvgIpc) is 2.23. The van der Waals surface area contributed by atoms with Gasteiger partial charge in [0.2, 0.25) is 0 Å². The van der Waals surface area contributed by atoms with E-state index in [1.54, 1.807) is 0 Å². The maximum absolute atomic E-state index is 4.71. The lowest BCUT2D eigenvalue weighted by molar-refractivity contribution is 0.402. The van der Waals surface area contributed by atoms with Gasteiger partial charge < -0.3 is 0 Å². The highest BCUT2D eigenvalue weighted by atomic mass is 14.9. The minimum atomic E-state index is 0.575. The molecular formula is C14H30N. The molecular weight excluding hydrogens is 182 g/mol. The zero-order valence-electron chi connectivity index (χ0n) is 11.3. The molecule has 1 nitrogen and oxygen atoms in total. The minimum Gasteiger partial charge on any atom is -0.239 e. The van der Waals surface area contributed by atoms with Gasteiger partial charge in [0.1, 0.15) is 0 Å². The fourth-order valence-corrected chi connectivity index (χ4v) is 1.85. The van der Waals surface area contributed by atoms with Crippen molar-refractivity contribution in [2.45, 2.75) is 78.7 Å². The first kappa shape index (κ1) is 15.0. The molecule has 91 valence electrons. The largest absolute Gasteiger partial charge is 0.239 e. The fraction of sp³-hybridized carbons (Fsp3) is 1.00. The third-order valence-corrected chi connectivity index (χ3v) is 3.14. The van der Waals surface area contributed by atoms with Crippen LogP contribution < -0.4 is 5.32 Å². The molecule has 0 saturated heterocycles. The summed E-state index contributed by atoms with van der Waals surface area (Å²) in [6.45, 7) is 10.2. The second-order valence-corrected chi connectivity index (χ2v) is 4.92. The minimum absolute atomic E-state index is 0.575. The Labute approximate surface area is 97.0 Å². The lowest BCUT2D eigenvalue weighted by atomic mass is 10.0. The van der Waals surface area contributed by atoms with Crippen LogP contribution in [0.2, 0.25) is 0 Å². The number of hydrogen-bond acceptors (Lipinski definition) is 0. The Kier molecular flexibility index (Phi) is 10.4. The first-order valence-electron chi connectivity index (χ1n) is 6.87. The van der Waals surface area contributed by atoms with Crippen molar-refractivity contribution in [3.8, 4) is 0 Å². The van der Waals surface area contributed by atoms with Crippen molar-refractivity contribution >= 4 is 0 Å². The SMILES string of the molecule is CCCCCCC[N]C(C)CC(C)CC. The first-order valence-corrected chi connectivity index (χ1v) is 6.87. The average molecular weight is 212 g/mol. The van der Waals surface area contributed by atoms with Crippen LogP contribution in [0.3, 0.4) is 0 Å². The van der Waals surface area contributed by atoms with E-state index in [-0.39, 0.29) is 0 Å². The van der Waals surface area contributed by atoms with E-state index in [0.717, 1.165) is 12.5 Å². The smallest absolute Gasteiger partial charge is 0.0220 e. The van der Waals surface area contributed by atoms with Gasteiger partial charge in [0.05, 0.1) is 0 Å². The highest BCUT2D eigenvalue weighted by Gasteiger charge is 2.06. The summed E-state index contributed by atoms with van der Waals surface area (Å²) >= 11 is 0. The van der Waals surface area contributed by atoms with Crippen molar-refractivity contribution in [1.82, 2.24) is 5.32 Å². The molecule has 0 aromatic carbocycles. The van der Waals surface area contributed by atoms with Gasteiger partial charge >= 0.3 is 0 Å². The van der Waals surface area contributed by atoms with Crippen molar-refractivity contribution in [2.24, 2.45) is 5.92 Å². The first-order chi connectivity index (χ1) is 7.20. The second-order valence-electron chi connectivity index (χ2n) is 4.92. The van der Waals surface area contributed by atoms with Gasteiger partial charge in [-0.15, -0.1) is 0 Å². The zero-order valence-corrected chi connectivity index (χ0v) is 11.3. The summed E-state index contributed by atoms with van der Waals surface area (Å²) in [4.78, 5) is 0. The Morgan fingerprint density at radius 2 is 1.60 bits per heavy atom. The summed E-state index contributed by atoms with van der Waals surface area (Å²) < 4.78 is 0. The van der Waals surface area contributed by atoms with E-state index in [1.165, 1.54) is 44.9 Å². The molecule has 0 heterocycles. The van der Waals surface area contributed by atoms with Gasteiger partial charge in [-0.1, -0.05) is 52.9 Å². The van der Waals surface area contributed by atoms with Gasteiger partial charge in [-0.2, -0.15) is 0 Å². The van der Waals surface area contributed by atoms with Gasteiger partial charge in [0.15, 0.2) is 0 Å². The Morgan fingerprint density at radius 3 is 2.20 bits per heavy atom. The maximum Gasteiger partial charge on any atom is 0.0220 e. The van der Waals surface area contributed by atoms with Gasteiger partial charge in [-0.3, -0.25) is 0 Å². The molecule has 0 bridgehead atoms. The molecule has 0 aromatic heterocycles. The van der Waals surface area contributed by atoms with Crippen molar-refractivity contribution in [2.75, 3.05) is 6.54 Å². The van der Waals surface area contributed by atoms with Gasteiger partial charge in [0.25, 0.3) is 0 Å². The second kappa shape index (κ2) is 10.5. The van der Waals surface area contributed by atoms with E-state index in [0.29, 0.717) is 6.04 Å². The molecule has 0 aliphatic rings. The molecule has 0 saturated carbocycles. The lowest BCUT2D eigenvalue weighted by Crippen LogP contribution is -2.21. The fourth-order valence-electron chi connectivity index (χ4n) is 1.85. The molecule has 0 rings (SSSR count). The van der Waals surface area contributed by atoms with Crippen molar-refractivity contribution < 1.29 is 0 Å². The van der Waals surface area contributed by atoms with Crippen LogP contribution in [0.4, 0.5) is 0 Å².